The number of nitrogens with one attached hydrogen (secondary N) is 2. The standard InChI is InChI=1S/C19H14ClFN2O2S/c1-22-18(24)14-7-6-13(10-15(14)20)23-19(25)17-9-8-16(26-17)11-2-4-12(21)5-3-11/h2-10H,1H3,(H,22,24)(H,23,25). The van der Waals surface area contributed by atoms with Crippen LogP contribution in [0.5, 0.6) is 0 Å². The highest BCUT2D eigenvalue weighted by atomic mass is 35.5. The highest BCUT2D eigenvalue weighted by molar-refractivity contribution is 7.17. The molecule has 132 valence electrons. The maximum atomic E-state index is 13.0. The van der Waals surface area contributed by atoms with Crippen molar-refractivity contribution in [1.82, 2.24) is 5.32 Å². The largest absolute Gasteiger partial charge is 0.355 e. The number of carbonyl (C=O) groups excluding carboxylic acids is 2. The molecule has 7 heteroatoms. The summed E-state index contributed by atoms with van der Waals surface area (Å²) in [6.45, 7) is 0. The van der Waals surface area contributed by atoms with Gasteiger partial charge in [0.2, 0.25) is 0 Å². The van der Waals surface area contributed by atoms with E-state index in [9.17, 15) is 14.0 Å². The van der Waals surface area contributed by atoms with E-state index >= 15 is 0 Å². The molecule has 0 saturated heterocycles. The molecule has 2 amide bonds. The fourth-order valence-electron chi connectivity index (χ4n) is 2.33. The van der Waals surface area contributed by atoms with Crippen LogP contribution in [-0.4, -0.2) is 18.9 Å². The number of hydrogen-bond acceptors (Lipinski definition) is 3. The van der Waals surface area contributed by atoms with Gasteiger partial charge in [-0.1, -0.05) is 23.7 Å². The van der Waals surface area contributed by atoms with E-state index in [1.54, 1.807) is 30.3 Å². The predicted molar refractivity (Wildman–Crippen MR) is 103 cm³/mol. The summed E-state index contributed by atoms with van der Waals surface area (Å²) in [6.07, 6.45) is 0. The van der Waals surface area contributed by atoms with Crippen molar-refractivity contribution >= 4 is 40.4 Å². The van der Waals surface area contributed by atoms with Gasteiger partial charge < -0.3 is 10.6 Å². The van der Waals surface area contributed by atoms with E-state index < -0.39 is 0 Å². The lowest BCUT2D eigenvalue weighted by atomic mass is 10.2. The number of halogens is 2. The lowest BCUT2D eigenvalue weighted by molar-refractivity contribution is 0.0962. The average molecular weight is 389 g/mol. The van der Waals surface area contributed by atoms with Gasteiger partial charge in [0.05, 0.1) is 15.5 Å². The Kier molecular flexibility index (Phi) is 5.35. The normalized spacial score (nSPS) is 10.4. The first-order valence-corrected chi connectivity index (χ1v) is 8.86. The van der Waals surface area contributed by atoms with E-state index in [-0.39, 0.29) is 22.7 Å². The molecule has 3 rings (SSSR count). The summed E-state index contributed by atoms with van der Waals surface area (Å²) < 4.78 is 13.0. The van der Waals surface area contributed by atoms with Crippen molar-refractivity contribution in [1.29, 1.82) is 0 Å². The summed E-state index contributed by atoms with van der Waals surface area (Å²) in [4.78, 5) is 25.4. The summed E-state index contributed by atoms with van der Waals surface area (Å²) >= 11 is 7.39. The molecule has 0 aliphatic carbocycles. The second-order valence-electron chi connectivity index (χ2n) is 5.40. The number of amides is 2. The lowest BCUT2D eigenvalue weighted by Crippen LogP contribution is -2.18. The van der Waals surface area contributed by atoms with Crippen molar-refractivity contribution < 1.29 is 14.0 Å². The maximum Gasteiger partial charge on any atom is 0.265 e. The van der Waals surface area contributed by atoms with E-state index in [4.69, 9.17) is 11.6 Å². The molecule has 26 heavy (non-hydrogen) atoms. The number of benzene rings is 2. The second kappa shape index (κ2) is 7.68. The molecule has 2 N–H and O–H groups in total. The molecular weight excluding hydrogens is 375 g/mol. The first-order valence-electron chi connectivity index (χ1n) is 7.66. The molecule has 2 aromatic carbocycles. The van der Waals surface area contributed by atoms with Crippen molar-refractivity contribution in [2.24, 2.45) is 0 Å². The molecule has 0 radical (unpaired) electrons. The highest BCUT2D eigenvalue weighted by Crippen LogP contribution is 2.29. The van der Waals surface area contributed by atoms with Gasteiger partial charge >= 0.3 is 0 Å². The zero-order valence-electron chi connectivity index (χ0n) is 13.7. The molecular formula is C19H14ClFN2O2S. The molecule has 0 aliphatic rings. The van der Waals surface area contributed by atoms with E-state index in [1.165, 1.54) is 36.6 Å². The van der Waals surface area contributed by atoms with Crippen LogP contribution in [-0.2, 0) is 0 Å². The highest BCUT2D eigenvalue weighted by Gasteiger charge is 2.13. The Labute approximate surface area is 158 Å². The summed E-state index contributed by atoms with van der Waals surface area (Å²) in [6, 6.07) is 14.3. The number of anilines is 1. The van der Waals surface area contributed by atoms with Crippen LogP contribution in [0, 0.1) is 5.82 Å². The van der Waals surface area contributed by atoms with Gasteiger partial charge in [-0.05, 0) is 48.0 Å². The van der Waals surface area contributed by atoms with Gasteiger partial charge in [-0.15, -0.1) is 11.3 Å². The minimum absolute atomic E-state index is 0.250. The quantitative estimate of drug-likeness (QED) is 0.673. The van der Waals surface area contributed by atoms with Crippen molar-refractivity contribution in [2.75, 3.05) is 12.4 Å². The topological polar surface area (TPSA) is 58.2 Å². The zero-order chi connectivity index (χ0) is 18.7. The maximum absolute atomic E-state index is 13.0. The van der Waals surface area contributed by atoms with Crippen molar-refractivity contribution in [3.05, 3.63) is 75.9 Å². The van der Waals surface area contributed by atoms with E-state index in [2.05, 4.69) is 10.6 Å². The Balaban J connectivity index is 1.75. The average Bonchev–Trinajstić information content (AvgIpc) is 3.12. The third-order valence-corrected chi connectivity index (χ3v) is 5.10. The Hall–Kier alpha value is -2.70. The van der Waals surface area contributed by atoms with Gasteiger partial charge in [0.1, 0.15) is 5.82 Å². The summed E-state index contributed by atoms with van der Waals surface area (Å²) in [5, 5.41) is 5.50. The third kappa shape index (κ3) is 3.92. The fraction of sp³-hybridized carbons (Fsp3) is 0.0526. The minimum Gasteiger partial charge on any atom is -0.355 e. The molecule has 3 aromatic rings. The van der Waals surface area contributed by atoms with Crippen LogP contribution in [0.1, 0.15) is 20.0 Å². The monoisotopic (exact) mass is 388 g/mol. The molecule has 0 unspecified atom stereocenters. The Morgan fingerprint density at radius 3 is 2.38 bits per heavy atom. The van der Waals surface area contributed by atoms with Gasteiger partial charge in [0, 0.05) is 17.6 Å². The lowest BCUT2D eigenvalue weighted by Gasteiger charge is -2.07. The van der Waals surface area contributed by atoms with Crippen molar-refractivity contribution in [3.63, 3.8) is 0 Å². The van der Waals surface area contributed by atoms with Crippen LogP contribution in [0.25, 0.3) is 10.4 Å². The molecule has 0 fully saturated rings. The van der Waals surface area contributed by atoms with Gasteiger partial charge in [0.15, 0.2) is 0 Å². The predicted octanol–water partition coefficient (Wildman–Crippen LogP) is 4.82. The van der Waals surface area contributed by atoms with Crippen molar-refractivity contribution in [2.45, 2.75) is 0 Å². The molecule has 0 bridgehead atoms. The first-order chi connectivity index (χ1) is 12.5. The van der Waals surface area contributed by atoms with Crippen LogP contribution in [0.2, 0.25) is 5.02 Å². The molecule has 0 spiro atoms. The first kappa shape index (κ1) is 18.1. The SMILES string of the molecule is CNC(=O)c1ccc(NC(=O)c2ccc(-c3ccc(F)cc3)s2)cc1Cl. The molecule has 0 atom stereocenters. The Bertz CT molecular complexity index is 970. The van der Waals surface area contributed by atoms with Gasteiger partial charge in [0.25, 0.3) is 11.8 Å². The summed E-state index contributed by atoms with van der Waals surface area (Å²) in [5.41, 5.74) is 1.67. The number of thiophene rings is 1. The molecule has 0 saturated carbocycles. The van der Waals surface area contributed by atoms with Crippen LogP contribution in [0.15, 0.2) is 54.6 Å². The molecule has 0 aliphatic heterocycles. The molecule has 1 heterocycles. The Morgan fingerprint density at radius 2 is 1.73 bits per heavy atom. The minimum atomic E-state index is -0.305. The summed E-state index contributed by atoms with van der Waals surface area (Å²) in [7, 11) is 1.52. The van der Waals surface area contributed by atoms with Gasteiger partial charge in [-0.3, -0.25) is 9.59 Å². The number of hydrogen-bond donors (Lipinski definition) is 2. The third-order valence-electron chi connectivity index (χ3n) is 3.66. The Morgan fingerprint density at radius 1 is 1.00 bits per heavy atom. The van der Waals surface area contributed by atoms with E-state index in [1.807, 2.05) is 6.07 Å². The van der Waals surface area contributed by atoms with E-state index in [0.29, 0.717) is 16.1 Å². The number of rotatable bonds is 4. The fourth-order valence-corrected chi connectivity index (χ4v) is 3.51. The van der Waals surface area contributed by atoms with Crippen LogP contribution in [0.3, 0.4) is 0 Å². The second-order valence-corrected chi connectivity index (χ2v) is 6.89. The van der Waals surface area contributed by atoms with Crippen molar-refractivity contribution in [3.8, 4) is 10.4 Å². The molecule has 4 nitrogen and oxygen atoms in total. The van der Waals surface area contributed by atoms with Crippen LogP contribution >= 0.6 is 22.9 Å². The molecule has 1 aromatic heterocycles. The van der Waals surface area contributed by atoms with Crippen LogP contribution in [0.4, 0.5) is 10.1 Å². The summed E-state index contributed by atoms with van der Waals surface area (Å²) in [5.74, 6) is -0.887. The van der Waals surface area contributed by atoms with E-state index in [0.717, 1.165) is 10.4 Å². The van der Waals surface area contributed by atoms with Gasteiger partial charge in [-0.2, -0.15) is 0 Å². The van der Waals surface area contributed by atoms with Gasteiger partial charge in [-0.25, -0.2) is 4.39 Å². The zero-order valence-corrected chi connectivity index (χ0v) is 15.2. The smallest absolute Gasteiger partial charge is 0.265 e. The van der Waals surface area contributed by atoms with Crippen LogP contribution < -0.4 is 10.6 Å². The number of carbonyl (C=O) groups is 2.